The lowest BCUT2D eigenvalue weighted by Crippen LogP contribution is -2.44. The summed E-state index contributed by atoms with van der Waals surface area (Å²) >= 11 is 0. The molecule has 60 heavy (non-hydrogen) atoms. The minimum absolute atomic E-state index is 0.0755. The van der Waals surface area contributed by atoms with Gasteiger partial charge in [-0.15, -0.1) is 5.10 Å². The standard InChI is InChI=1S/C47H42N6O7/c1-31(11-9-10-24-50-27-38(48-49-50)36(28-54)33-12-3-2-4-13-33)47(58)37-25-35(53-41-15-6-8-17-43(41)60-30-45(53)56)22-23-39(37)51(46(47)57)26-32-18-20-34(21-19-32)52-40-14-5-7-16-42(40)59-29-44(52)55/h2-9,11-23,25,27,31,36,54,58H,10,24,26,28-30H2,1H3/b11-9+/t31-,36?,47+/m0/s1. The number of amides is 3. The van der Waals surface area contributed by atoms with E-state index >= 15 is 0 Å². The van der Waals surface area contributed by atoms with E-state index in [9.17, 15) is 24.6 Å². The summed E-state index contributed by atoms with van der Waals surface area (Å²) in [5, 5.41) is 31.4. The van der Waals surface area contributed by atoms with Gasteiger partial charge >= 0.3 is 0 Å². The van der Waals surface area contributed by atoms with Gasteiger partial charge in [-0.3, -0.25) is 28.9 Å². The maximum Gasteiger partial charge on any atom is 0.269 e. The number of rotatable bonds is 12. The molecule has 13 nitrogen and oxygen atoms in total. The monoisotopic (exact) mass is 802 g/mol. The maximum atomic E-state index is 14.7. The highest BCUT2D eigenvalue weighted by molar-refractivity contribution is 6.09. The van der Waals surface area contributed by atoms with Crippen molar-refractivity contribution in [1.82, 2.24) is 15.0 Å². The van der Waals surface area contributed by atoms with Crippen LogP contribution in [0.2, 0.25) is 0 Å². The fraction of sp³-hybridized carbons (Fsp3) is 0.213. The number of aliphatic hydroxyl groups is 2. The molecule has 3 amide bonds. The van der Waals surface area contributed by atoms with Crippen molar-refractivity contribution in [3.05, 3.63) is 162 Å². The Morgan fingerprint density at radius 2 is 1.38 bits per heavy atom. The molecule has 0 bridgehead atoms. The first-order chi connectivity index (χ1) is 29.2. The van der Waals surface area contributed by atoms with Crippen LogP contribution in [0.3, 0.4) is 0 Å². The second-order valence-electron chi connectivity index (χ2n) is 15.1. The summed E-state index contributed by atoms with van der Waals surface area (Å²) < 4.78 is 13.0. The van der Waals surface area contributed by atoms with Crippen molar-refractivity contribution in [1.29, 1.82) is 0 Å². The van der Waals surface area contributed by atoms with Gasteiger partial charge in [0.15, 0.2) is 18.8 Å². The van der Waals surface area contributed by atoms with E-state index < -0.39 is 17.4 Å². The zero-order chi connectivity index (χ0) is 41.4. The first kappa shape index (κ1) is 38.4. The zero-order valence-electron chi connectivity index (χ0n) is 32.8. The van der Waals surface area contributed by atoms with Crippen LogP contribution in [-0.2, 0) is 33.1 Å². The molecule has 0 radical (unpaired) electrons. The van der Waals surface area contributed by atoms with Gasteiger partial charge in [-0.25, -0.2) is 0 Å². The van der Waals surface area contributed by atoms with Crippen LogP contribution in [0.25, 0.3) is 0 Å². The third-order valence-electron chi connectivity index (χ3n) is 11.4. The van der Waals surface area contributed by atoms with Crippen LogP contribution >= 0.6 is 0 Å². The summed E-state index contributed by atoms with van der Waals surface area (Å²) in [6, 6.07) is 37.0. The molecule has 0 fully saturated rings. The first-order valence-electron chi connectivity index (χ1n) is 19.8. The van der Waals surface area contributed by atoms with E-state index in [4.69, 9.17) is 9.47 Å². The lowest BCUT2D eigenvalue weighted by atomic mass is 9.82. The van der Waals surface area contributed by atoms with Crippen LogP contribution in [0.5, 0.6) is 11.5 Å². The third kappa shape index (κ3) is 6.87. The number of carbonyl (C=O) groups excluding carboxylic acids is 3. The van der Waals surface area contributed by atoms with Crippen LogP contribution in [-0.4, -0.2) is 62.7 Å². The summed E-state index contributed by atoms with van der Waals surface area (Å²) in [5.41, 5.74) is 3.69. The minimum Gasteiger partial charge on any atom is -0.482 e. The molecular weight excluding hydrogens is 761 g/mol. The molecule has 13 heteroatoms. The Hall–Kier alpha value is -7.09. The van der Waals surface area contributed by atoms with Crippen LogP contribution in [0, 0.1) is 5.92 Å². The van der Waals surface area contributed by atoms with Crippen molar-refractivity contribution in [3.63, 3.8) is 0 Å². The maximum absolute atomic E-state index is 14.7. The average molecular weight is 803 g/mol. The number of nitrogens with zero attached hydrogens (tertiary/aromatic N) is 6. The summed E-state index contributed by atoms with van der Waals surface area (Å²) in [7, 11) is 0. The first-order valence-corrected chi connectivity index (χ1v) is 19.8. The van der Waals surface area contributed by atoms with Crippen LogP contribution in [0.15, 0.2) is 140 Å². The number of allylic oxidation sites excluding steroid dienone is 1. The fourth-order valence-corrected chi connectivity index (χ4v) is 8.22. The molecule has 1 aromatic heterocycles. The molecule has 0 spiro atoms. The molecular formula is C47H42N6O7. The topological polar surface area (TPSA) is 151 Å². The molecule has 2 N–H and O–H groups in total. The predicted octanol–water partition coefficient (Wildman–Crippen LogP) is 6.53. The summed E-state index contributed by atoms with van der Waals surface area (Å²) in [6.45, 7) is 2.10. The molecule has 3 atom stereocenters. The Kier molecular flexibility index (Phi) is 10.2. The largest absolute Gasteiger partial charge is 0.482 e. The third-order valence-corrected chi connectivity index (χ3v) is 11.4. The normalized spacial score (nSPS) is 18.2. The van der Waals surface area contributed by atoms with E-state index in [1.807, 2.05) is 109 Å². The second kappa shape index (κ2) is 15.9. The highest BCUT2D eigenvalue weighted by Gasteiger charge is 2.53. The molecule has 3 aliphatic rings. The van der Waals surface area contributed by atoms with E-state index in [-0.39, 0.29) is 44.1 Å². The molecule has 302 valence electrons. The van der Waals surface area contributed by atoms with Gasteiger partial charge in [0.1, 0.15) is 11.5 Å². The molecule has 9 rings (SSSR count). The van der Waals surface area contributed by atoms with E-state index in [1.165, 1.54) is 0 Å². The Morgan fingerprint density at radius 3 is 2.05 bits per heavy atom. The number of para-hydroxylation sites is 4. The molecule has 4 heterocycles. The van der Waals surface area contributed by atoms with Crippen LogP contribution in [0.4, 0.5) is 28.4 Å². The molecule has 0 saturated carbocycles. The smallest absolute Gasteiger partial charge is 0.269 e. The Morgan fingerprint density at radius 1 is 0.767 bits per heavy atom. The fourth-order valence-electron chi connectivity index (χ4n) is 8.22. The number of aryl methyl sites for hydroxylation is 1. The Bertz CT molecular complexity index is 2610. The van der Waals surface area contributed by atoms with Crippen molar-refractivity contribution in [2.45, 2.75) is 38.0 Å². The summed E-state index contributed by atoms with van der Waals surface area (Å²) in [5.74, 6) is -0.784. The lowest BCUT2D eigenvalue weighted by molar-refractivity contribution is -0.139. The van der Waals surface area contributed by atoms with Gasteiger partial charge in [-0.05, 0) is 72.1 Å². The Balaban J connectivity index is 0.990. The van der Waals surface area contributed by atoms with Crippen LogP contribution < -0.4 is 24.2 Å². The zero-order valence-corrected chi connectivity index (χ0v) is 32.8. The van der Waals surface area contributed by atoms with Crippen molar-refractivity contribution in [2.75, 3.05) is 34.5 Å². The van der Waals surface area contributed by atoms with Crippen molar-refractivity contribution in [2.24, 2.45) is 5.92 Å². The SMILES string of the molecule is C[C@@H](/C=C/CCn1cc(C(CO)c2ccccc2)nn1)[C@]1(O)C(=O)N(Cc2ccc(N3C(=O)COc4ccccc43)cc2)c2ccc(N3C(=O)COc4ccccc43)cc21. The molecule has 1 unspecified atom stereocenters. The van der Waals surface area contributed by atoms with Crippen molar-refractivity contribution in [3.8, 4) is 11.5 Å². The second-order valence-corrected chi connectivity index (χ2v) is 15.1. The van der Waals surface area contributed by atoms with Gasteiger partial charge < -0.3 is 24.6 Å². The van der Waals surface area contributed by atoms with E-state index in [2.05, 4.69) is 10.3 Å². The van der Waals surface area contributed by atoms with Crippen molar-refractivity contribution >= 4 is 46.2 Å². The van der Waals surface area contributed by atoms with E-state index in [0.717, 1.165) is 11.1 Å². The number of hydrogen-bond donors (Lipinski definition) is 2. The van der Waals surface area contributed by atoms with E-state index in [1.54, 1.807) is 56.6 Å². The van der Waals surface area contributed by atoms with Crippen LogP contribution in [0.1, 0.15) is 41.6 Å². The lowest BCUT2D eigenvalue weighted by Gasteiger charge is -2.31. The molecule has 6 aromatic rings. The van der Waals surface area contributed by atoms with Gasteiger partial charge in [0.25, 0.3) is 17.7 Å². The molecule has 0 aliphatic carbocycles. The summed E-state index contributed by atoms with van der Waals surface area (Å²) in [6.07, 6.45) is 6.10. The number of hydrogen-bond acceptors (Lipinski definition) is 9. The van der Waals surface area contributed by atoms with Gasteiger partial charge in [0, 0.05) is 35.6 Å². The number of aromatic nitrogens is 3. The minimum atomic E-state index is -1.98. The number of fused-ring (bicyclic) bond motifs is 3. The van der Waals surface area contributed by atoms with Gasteiger partial charge in [-0.1, -0.05) is 91.0 Å². The number of ether oxygens (including phenoxy) is 2. The molecule has 5 aromatic carbocycles. The van der Waals surface area contributed by atoms with Gasteiger partial charge in [0.2, 0.25) is 0 Å². The summed E-state index contributed by atoms with van der Waals surface area (Å²) in [4.78, 5) is 45.8. The highest BCUT2D eigenvalue weighted by Crippen LogP contribution is 2.49. The van der Waals surface area contributed by atoms with Gasteiger partial charge in [-0.2, -0.15) is 0 Å². The number of anilines is 5. The number of benzene rings is 5. The number of carbonyl (C=O) groups is 3. The number of aliphatic hydroxyl groups excluding tert-OH is 1. The van der Waals surface area contributed by atoms with Gasteiger partial charge in [0.05, 0.1) is 41.8 Å². The average Bonchev–Trinajstić information content (AvgIpc) is 3.83. The van der Waals surface area contributed by atoms with Crippen molar-refractivity contribution < 1.29 is 34.1 Å². The molecule has 3 aliphatic heterocycles. The van der Waals surface area contributed by atoms with E-state index in [0.29, 0.717) is 64.2 Å². The highest BCUT2D eigenvalue weighted by atomic mass is 16.5. The predicted molar refractivity (Wildman–Crippen MR) is 224 cm³/mol. The quantitative estimate of drug-likeness (QED) is 0.132. The Labute approximate surface area is 346 Å². The molecule has 0 saturated heterocycles.